The van der Waals surface area contributed by atoms with Gasteiger partial charge in [0.2, 0.25) is 0 Å². The van der Waals surface area contributed by atoms with Crippen molar-refractivity contribution in [1.29, 1.82) is 0 Å². The van der Waals surface area contributed by atoms with Crippen molar-refractivity contribution in [3.63, 3.8) is 0 Å². The maximum absolute atomic E-state index is 12.8. The molecular formula is C21H22N4O5S. The van der Waals surface area contributed by atoms with E-state index < -0.39 is 17.1 Å². The van der Waals surface area contributed by atoms with E-state index >= 15 is 0 Å². The molecule has 2 heterocycles. The van der Waals surface area contributed by atoms with E-state index in [-0.39, 0.29) is 19.6 Å². The van der Waals surface area contributed by atoms with Crippen LogP contribution < -0.4 is 26.5 Å². The van der Waals surface area contributed by atoms with Gasteiger partial charge in [0.1, 0.15) is 5.01 Å². The van der Waals surface area contributed by atoms with Gasteiger partial charge in [-0.1, -0.05) is 12.2 Å². The lowest BCUT2D eigenvalue weighted by Crippen LogP contribution is -2.54. The summed E-state index contributed by atoms with van der Waals surface area (Å²) in [5.41, 5.74) is -0.799. The lowest BCUT2D eigenvalue weighted by molar-refractivity contribution is 0.355. The van der Waals surface area contributed by atoms with Gasteiger partial charge < -0.3 is 9.47 Å². The number of aromatic nitrogens is 4. The third-order valence-corrected chi connectivity index (χ3v) is 5.45. The molecule has 3 aromatic rings. The molecule has 31 heavy (non-hydrogen) atoms. The van der Waals surface area contributed by atoms with E-state index in [0.29, 0.717) is 22.2 Å². The minimum absolute atomic E-state index is 0.0109. The fourth-order valence-electron chi connectivity index (χ4n) is 3.03. The fraction of sp³-hybridized carbons (Fsp3) is 0.238. The summed E-state index contributed by atoms with van der Waals surface area (Å²) in [5, 5.41) is 2.45. The van der Waals surface area contributed by atoms with E-state index in [1.807, 2.05) is 6.07 Å². The monoisotopic (exact) mass is 442 g/mol. The second-order valence-electron chi connectivity index (χ2n) is 6.45. The van der Waals surface area contributed by atoms with Crippen LogP contribution in [-0.2, 0) is 19.6 Å². The van der Waals surface area contributed by atoms with Crippen LogP contribution in [0.25, 0.3) is 10.6 Å². The van der Waals surface area contributed by atoms with Gasteiger partial charge in [-0.25, -0.2) is 33.1 Å². The van der Waals surface area contributed by atoms with Crippen LogP contribution in [0.3, 0.4) is 0 Å². The minimum Gasteiger partial charge on any atom is -0.493 e. The number of thiazole rings is 1. The Kier molecular flexibility index (Phi) is 6.71. The molecule has 1 aromatic carbocycles. The summed E-state index contributed by atoms with van der Waals surface area (Å²) in [7, 11) is 3.11. The van der Waals surface area contributed by atoms with Gasteiger partial charge in [0, 0.05) is 10.9 Å². The number of methoxy groups -OCH3 is 2. The van der Waals surface area contributed by atoms with E-state index in [1.165, 1.54) is 23.5 Å². The lowest BCUT2D eigenvalue weighted by Gasteiger charge is -2.11. The summed E-state index contributed by atoms with van der Waals surface area (Å²) in [6.07, 6.45) is 2.85. The summed E-state index contributed by atoms with van der Waals surface area (Å²) < 4.78 is 13.5. The Morgan fingerprint density at radius 1 is 0.935 bits per heavy atom. The molecule has 0 saturated carbocycles. The topological polar surface area (TPSA) is 97.3 Å². The number of hydrogen-bond donors (Lipinski definition) is 0. The molecule has 2 aromatic heterocycles. The van der Waals surface area contributed by atoms with E-state index in [4.69, 9.17) is 9.47 Å². The number of rotatable bonds is 9. The Hall–Kier alpha value is -3.66. The van der Waals surface area contributed by atoms with Crippen molar-refractivity contribution in [2.75, 3.05) is 14.2 Å². The standard InChI is InChI=1S/C21H22N4O5S/c1-5-9-23-19(26)24(10-6-2)21(28)25(20(23)27)12-15-13-31-18(22-15)14-7-8-16(29-3)17(11-14)30-4/h5-8,11,13H,1-2,9-10,12H2,3-4H3. The highest BCUT2D eigenvalue weighted by molar-refractivity contribution is 7.13. The van der Waals surface area contributed by atoms with E-state index in [9.17, 15) is 14.4 Å². The third-order valence-electron chi connectivity index (χ3n) is 4.51. The van der Waals surface area contributed by atoms with Crippen LogP contribution in [0, 0.1) is 0 Å². The summed E-state index contributed by atoms with van der Waals surface area (Å²) in [6.45, 7) is 7.04. The van der Waals surface area contributed by atoms with Crippen LogP contribution >= 0.6 is 11.3 Å². The highest BCUT2D eigenvalue weighted by Crippen LogP contribution is 2.33. The van der Waals surface area contributed by atoms with Gasteiger partial charge in [-0.3, -0.25) is 0 Å². The van der Waals surface area contributed by atoms with Gasteiger partial charge in [-0.05, 0) is 18.2 Å². The second kappa shape index (κ2) is 9.43. The average Bonchev–Trinajstić information content (AvgIpc) is 3.25. The summed E-state index contributed by atoms with van der Waals surface area (Å²) in [5.74, 6) is 1.17. The van der Waals surface area contributed by atoms with Gasteiger partial charge in [0.25, 0.3) is 0 Å². The molecule has 0 fully saturated rings. The molecule has 0 N–H and O–H groups in total. The average molecular weight is 442 g/mol. The van der Waals surface area contributed by atoms with Crippen LogP contribution in [-0.4, -0.2) is 32.9 Å². The molecule has 0 atom stereocenters. The predicted molar refractivity (Wildman–Crippen MR) is 119 cm³/mol. The van der Waals surface area contributed by atoms with Crippen molar-refractivity contribution in [2.45, 2.75) is 19.6 Å². The Labute approximate surface area is 181 Å². The molecule has 3 rings (SSSR count). The molecule has 0 aliphatic carbocycles. The van der Waals surface area contributed by atoms with Crippen LogP contribution in [0.4, 0.5) is 0 Å². The molecule has 0 unspecified atom stereocenters. The van der Waals surface area contributed by atoms with Crippen molar-refractivity contribution >= 4 is 11.3 Å². The molecule has 0 bridgehead atoms. The highest BCUT2D eigenvalue weighted by Gasteiger charge is 2.16. The molecule has 0 aliphatic heterocycles. The summed E-state index contributed by atoms with van der Waals surface area (Å²) in [6, 6.07) is 5.42. The number of ether oxygens (including phenoxy) is 2. The second-order valence-corrected chi connectivity index (χ2v) is 7.30. The van der Waals surface area contributed by atoms with E-state index in [0.717, 1.165) is 19.3 Å². The molecule has 0 aliphatic rings. The molecule has 0 spiro atoms. The van der Waals surface area contributed by atoms with Crippen LogP contribution in [0.15, 0.2) is 63.3 Å². The van der Waals surface area contributed by atoms with Crippen molar-refractivity contribution in [3.8, 4) is 22.1 Å². The minimum atomic E-state index is -0.712. The van der Waals surface area contributed by atoms with Gasteiger partial charge in [-0.2, -0.15) is 0 Å². The lowest BCUT2D eigenvalue weighted by atomic mass is 10.2. The number of benzene rings is 1. The number of hydrogen-bond acceptors (Lipinski definition) is 7. The summed E-state index contributed by atoms with van der Waals surface area (Å²) in [4.78, 5) is 42.6. The van der Waals surface area contributed by atoms with Crippen LogP contribution in [0.1, 0.15) is 5.69 Å². The number of nitrogens with zero attached hydrogens (tertiary/aromatic N) is 4. The van der Waals surface area contributed by atoms with Crippen molar-refractivity contribution in [2.24, 2.45) is 0 Å². The van der Waals surface area contributed by atoms with Gasteiger partial charge in [0.05, 0.1) is 39.5 Å². The van der Waals surface area contributed by atoms with Crippen molar-refractivity contribution in [1.82, 2.24) is 18.7 Å². The van der Waals surface area contributed by atoms with Gasteiger partial charge in [-0.15, -0.1) is 24.5 Å². The SMILES string of the molecule is C=CCn1c(=O)n(CC=C)c(=O)n(Cc2csc(-c3ccc(OC)c(OC)c3)n2)c1=O. The molecule has 0 radical (unpaired) electrons. The zero-order chi connectivity index (χ0) is 22.5. The summed E-state index contributed by atoms with van der Waals surface area (Å²) >= 11 is 1.37. The smallest absolute Gasteiger partial charge is 0.336 e. The Morgan fingerprint density at radius 2 is 1.52 bits per heavy atom. The van der Waals surface area contributed by atoms with E-state index in [2.05, 4.69) is 18.1 Å². The van der Waals surface area contributed by atoms with Gasteiger partial charge >= 0.3 is 17.1 Å². The third kappa shape index (κ3) is 4.29. The number of allylic oxidation sites excluding steroid dienone is 2. The van der Waals surface area contributed by atoms with Crippen LogP contribution in [0.2, 0.25) is 0 Å². The fourth-order valence-corrected chi connectivity index (χ4v) is 3.84. The van der Waals surface area contributed by atoms with Crippen molar-refractivity contribution in [3.05, 3.63) is 86.0 Å². The molecule has 10 heteroatoms. The zero-order valence-electron chi connectivity index (χ0n) is 17.2. The zero-order valence-corrected chi connectivity index (χ0v) is 18.1. The molecule has 162 valence electrons. The molecule has 0 saturated heterocycles. The highest BCUT2D eigenvalue weighted by atomic mass is 32.1. The first kappa shape index (κ1) is 22.0. The molecule has 0 amide bonds. The first-order chi connectivity index (χ1) is 14.9. The van der Waals surface area contributed by atoms with Crippen molar-refractivity contribution < 1.29 is 9.47 Å². The maximum Gasteiger partial charge on any atom is 0.336 e. The first-order valence-corrected chi connectivity index (χ1v) is 10.2. The first-order valence-electron chi connectivity index (χ1n) is 9.28. The van der Waals surface area contributed by atoms with E-state index in [1.54, 1.807) is 31.7 Å². The Bertz CT molecular complexity index is 1250. The maximum atomic E-state index is 12.8. The van der Waals surface area contributed by atoms with Crippen LogP contribution in [0.5, 0.6) is 11.5 Å². The normalized spacial score (nSPS) is 10.6. The molecule has 9 nitrogen and oxygen atoms in total. The Morgan fingerprint density at radius 3 is 2.06 bits per heavy atom. The van der Waals surface area contributed by atoms with Gasteiger partial charge in [0.15, 0.2) is 11.5 Å². The predicted octanol–water partition coefficient (Wildman–Crippen LogP) is 1.73. The Balaban J connectivity index is 2.03. The molecular weight excluding hydrogens is 420 g/mol. The largest absolute Gasteiger partial charge is 0.493 e. The quantitative estimate of drug-likeness (QED) is 0.468.